The van der Waals surface area contributed by atoms with Crippen LogP contribution in [-0.2, 0) is 11.2 Å². The van der Waals surface area contributed by atoms with Crippen LogP contribution in [0.25, 0.3) is 0 Å². The Labute approximate surface area is 159 Å². The lowest BCUT2D eigenvalue weighted by Crippen LogP contribution is -2.31. The molecule has 7 heteroatoms. The second-order valence-electron chi connectivity index (χ2n) is 7.40. The van der Waals surface area contributed by atoms with Gasteiger partial charge in [0.15, 0.2) is 5.82 Å². The van der Waals surface area contributed by atoms with Gasteiger partial charge in [0.1, 0.15) is 11.7 Å². The summed E-state index contributed by atoms with van der Waals surface area (Å²) in [5.74, 6) is 1.80. The molecule has 144 valence electrons. The highest BCUT2D eigenvalue weighted by atomic mass is 16.5. The van der Waals surface area contributed by atoms with E-state index in [-0.39, 0.29) is 11.9 Å². The number of hydrogen-bond acceptors (Lipinski definition) is 6. The van der Waals surface area contributed by atoms with Gasteiger partial charge in [-0.05, 0) is 43.7 Å². The van der Waals surface area contributed by atoms with Gasteiger partial charge in [0.25, 0.3) is 5.91 Å². The van der Waals surface area contributed by atoms with Crippen LogP contribution in [0, 0.1) is 5.92 Å². The van der Waals surface area contributed by atoms with Crippen molar-refractivity contribution in [3.05, 3.63) is 41.8 Å². The standard InChI is InChI=1S/C20H26N4O3/c25-20(16-8-3-4-11-21-16)24-12-5-9-17(24)19-22-18(23-27-19)10-13-26-14-15-6-1-2-7-15/h3-4,8,11,15,17H,1-2,5-7,9-10,12-14H2. The number of pyridine rings is 1. The molecule has 0 spiro atoms. The van der Waals surface area contributed by atoms with Gasteiger partial charge in [0.2, 0.25) is 5.89 Å². The zero-order valence-corrected chi connectivity index (χ0v) is 15.5. The average Bonchev–Trinajstić information content (AvgIpc) is 3.46. The smallest absolute Gasteiger partial charge is 0.273 e. The van der Waals surface area contributed by atoms with Crippen LogP contribution in [0.3, 0.4) is 0 Å². The van der Waals surface area contributed by atoms with E-state index in [2.05, 4.69) is 15.1 Å². The highest BCUT2D eigenvalue weighted by molar-refractivity contribution is 5.92. The van der Waals surface area contributed by atoms with Gasteiger partial charge in [-0.3, -0.25) is 9.78 Å². The Morgan fingerprint density at radius 1 is 1.22 bits per heavy atom. The molecule has 0 bridgehead atoms. The molecule has 2 aromatic rings. The highest BCUT2D eigenvalue weighted by Crippen LogP contribution is 2.32. The molecule has 1 atom stereocenters. The molecule has 27 heavy (non-hydrogen) atoms. The first-order chi connectivity index (χ1) is 13.3. The van der Waals surface area contributed by atoms with Crippen molar-refractivity contribution in [1.29, 1.82) is 0 Å². The number of aromatic nitrogens is 3. The summed E-state index contributed by atoms with van der Waals surface area (Å²) in [5.41, 5.74) is 0.449. The molecule has 1 unspecified atom stereocenters. The average molecular weight is 370 g/mol. The Bertz CT molecular complexity index is 743. The molecule has 2 fully saturated rings. The van der Waals surface area contributed by atoms with Crippen molar-refractivity contribution >= 4 is 5.91 Å². The molecule has 1 saturated heterocycles. The maximum Gasteiger partial charge on any atom is 0.273 e. The van der Waals surface area contributed by atoms with Crippen LogP contribution in [-0.4, -0.2) is 45.7 Å². The predicted octanol–water partition coefficient (Wildman–Crippen LogP) is 3.19. The number of hydrogen-bond donors (Lipinski definition) is 0. The molecule has 0 aromatic carbocycles. The minimum absolute atomic E-state index is 0.0854. The van der Waals surface area contributed by atoms with Crippen LogP contribution in [0.15, 0.2) is 28.9 Å². The second kappa shape index (κ2) is 8.61. The fourth-order valence-electron chi connectivity index (χ4n) is 4.00. The number of carbonyl (C=O) groups excluding carboxylic acids is 1. The Kier molecular flexibility index (Phi) is 5.77. The minimum atomic E-state index is -0.167. The number of rotatable bonds is 7. The highest BCUT2D eigenvalue weighted by Gasteiger charge is 2.34. The molecule has 1 aliphatic carbocycles. The summed E-state index contributed by atoms with van der Waals surface area (Å²) in [5, 5.41) is 4.08. The van der Waals surface area contributed by atoms with Crippen LogP contribution < -0.4 is 0 Å². The summed E-state index contributed by atoms with van der Waals surface area (Å²) in [4.78, 5) is 23.2. The van der Waals surface area contributed by atoms with E-state index in [1.165, 1.54) is 25.7 Å². The first-order valence-corrected chi connectivity index (χ1v) is 9.93. The molecule has 0 radical (unpaired) electrons. The summed E-state index contributed by atoms with van der Waals surface area (Å²) in [6, 6.07) is 5.19. The van der Waals surface area contributed by atoms with Gasteiger partial charge in [0, 0.05) is 25.8 Å². The lowest BCUT2D eigenvalue weighted by atomic mass is 10.1. The van der Waals surface area contributed by atoms with E-state index in [4.69, 9.17) is 9.26 Å². The lowest BCUT2D eigenvalue weighted by molar-refractivity contribution is 0.0704. The minimum Gasteiger partial charge on any atom is -0.381 e. The first kappa shape index (κ1) is 18.1. The SMILES string of the molecule is O=C(c1ccccn1)N1CCCC1c1nc(CCOCC2CCCC2)no1. The van der Waals surface area contributed by atoms with E-state index in [0.717, 1.165) is 25.4 Å². The van der Waals surface area contributed by atoms with E-state index in [1.54, 1.807) is 23.2 Å². The van der Waals surface area contributed by atoms with Gasteiger partial charge in [-0.2, -0.15) is 4.98 Å². The van der Waals surface area contributed by atoms with Crippen molar-refractivity contribution in [2.45, 2.75) is 51.0 Å². The summed E-state index contributed by atoms with van der Waals surface area (Å²) in [6.45, 7) is 2.12. The van der Waals surface area contributed by atoms with Crippen LogP contribution in [0.2, 0.25) is 0 Å². The number of ether oxygens (including phenoxy) is 1. The maximum absolute atomic E-state index is 12.7. The molecule has 3 heterocycles. The molecule has 1 amide bonds. The van der Waals surface area contributed by atoms with E-state index in [1.807, 2.05) is 6.07 Å². The summed E-state index contributed by atoms with van der Waals surface area (Å²) in [6.07, 6.45) is 9.26. The van der Waals surface area contributed by atoms with E-state index >= 15 is 0 Å². The number of carbonyl (C=O) groups is 1. The van der Waals surface area contributed by atoms with Crippen molar-refractivity contribution in [3.8, 4) is 0 Å². The van der Waals surface area contributed by atoms with Gasteiger partial charge in [-0.1, -0.05) is 24.1 Å². The van der Waals surface area contributed by atoms with Crippen LogP contribution in [0.1, 0.15) is 66.8 Å². The largest absolute Gasteiger partial charge is 0.381 e. The Morgan fingerprint density at radius 3 is 2.93 bits per heavy atom. The normalized spacial score (nSPS) is 20.4. The third-order valence-corrected chi connectivity index (χ3v) is 5.46. The molecule has 7 nitrogen and oxygen atoms in total. The summed E-state index contributed by atoms with van der Waals surface area (Å²) < 4.78 is 11.2. The molecule has 4 rings (SSSR count). The third-order valence-electron chi connectivity index (χ3n) is 5.46. The van der Waals surface area contributed by atoms with Crippen molar-refractivity contribution in [1.82, 2.24) is 20.0 Å². The van der Waals surface area contributed by atoms with E-state index < -0.39 is 0 Å². The van der Waals surface area contributed by atoms with E-state index in [0.29, 0.717) is 37.0 Å². The Hall–Kier alpha value is -2.28. The fourth-order valence-corrected chi connectivity index (χ4v) is 4.00. The van der Waals surface area contributed by atoms with Crippen molar-refractivity contribution < 1.29 is 14.1 Å². The molecule has 0 N–H and O–H groups in total. The topological polar surface area (TPSA) is 81.4 Å². The molecule has 1 saturated carbocycles. The van der Waals surface area contributed by atoms with Gasteiger partial charge in [-0.15, -0.1) is 0 Å². The van der Waals surface area contributed by atoms with Crippen molar-refractivity contribution in [2.75, 3.05) is 19.8 Å². The van der Waals surface area contributed by atoms with Crippen LogP contribution in [0.4, 0.5) is 0 Å². The second-order valence-corrected chi connectivity index (χ2v) is 7.40. The quantitative estimate of drug-likeness (QED) is 0.696. The lowest BCUT2D eigenvalue weighted by Gasteiger charge is -2.21. The van der Waals surface area contributed by atoms with Gasteiger partial charge in [0.05, 0.1) is 6.61 Å². The molecular weight excluding hydrogens is 344 g/mol. The van der Waals surface area contributed by atoms with Gasteiger partial charge >= 0.3 is 0 Å². The zero-order chi connectivity index (χ0) is 18.5. The number of likely N-dealkylation sites (tertiary alicyclic amines) is 1. The summed E-state index contributed by atoms with van der Waals surface area (Å²) >= 11 is 0. The molecule has 2 aromatic heterocycles. The Morgan fingerprint density at radius 2 is 2.11 bits per heavy atom. The first-order valence-electron chi connectivity index (χ1n) is 9.93. The number of amides is 1. The maximum atomic E-state index is 12.7. The fraction of sp³-hybridized carbons (Fsp3) is 0.600. The predicted molar refractivity (Wildman–Crippen MR) is 98.0 cm³/mol. The third kappa shape index (κ3) is 4.35. The van der Waals surface area contributed by atoms with Gasteiger partial charge in [-0.25, -0.2) is 0 Å². The summed E-state index contributed by atoms with van der Waals surface area (Å²) in [7, 11) is 0. The number of nitrogens with zero attached hydrogens (tertiary/aromatic N) is 4. The van der Waals surface area contributed by atoms with Crippen molar-refractivity contribution in [3.63, 3.8) is 0 Å². The van der Waals surface area contributed by atoms with Crippen LogP contribution in [0.5, 0.6) is 0 Å². The monoisotopic (exact) mass is 370 g/mol. The van der Waals surface area contributed by atoms with E-state index in [9.17, 15) is 4.79 Å². The van der Waals surface area contributed by atoms with Gasteiger partial charge < -0.3 is 14.2 Å². The van der Waals surface area contributed by atoms with Crippen molar-refractivity contribution in [2.24, 2.45) is 5.92 Å². The molecule has 1 aliphatic heterocycles. The Balaban J connectivity index is 1.32. The van der Waals surface area contributed by atoms with Crippen LogP contribution >= 0.6 is 0 Å². The molecular formula is C20H26N4O3. The zero-order valence-electron chi connectivity index (χ0n) is 15.5. The molecule has 2 aliphatic rings.